The SMILES string of the molecule is CC(C)(N)C(=O)NC(Cc1c[nH]c2ccccc12)C(=O)C1NCCc2cc(C(=O)Nc3ccccc3)ccc21.Cl. The Kier molecular flexibility index (Phi) is 8.73. The van der Waals surface area contributed by atoms with Gasteiger partial charge in [0.15, 0.2) is 5.78 Å². The molecule has 0 saturated carbocycles. The van der Waals surface area contributed by atoms with Crippen LogP contribution in [0.5, 0.6) is 0 Å². The molecule has 2 unspecified atom stereocenters. The quantitative estimate of drug-likeness (QED) is 0.222. The maximum atomic E-state index is 14.0. The van der Waals surface area contributed by atoms with Crippen molar-refractivity contribution in [2.24, 2.45) is 5.73 Å². The molecule has 0 saturated heterocycles. The molecule has 0 bridgehead atoms. The summed E-state index contributed by atoms with van der Waals surface area (Å²) < 4.78 is 0. The van der Waals surface area contributed by atoms with Crippen LogP contribution in [0.25, 0.3) is 10.9 Å². The average molecular weight is 560 g/mol. The number of hydrogen-bond donors (Lipinski definition) is 5. The van der Waals surface area contributed by atoms with Crippen molar-refractivity contribution >= 4 is 46.6 Å². The molecule has 6 N–H and O–H groups in total. The smallest absolute Gasteiger partial charge is 0.255 e. The topological polar surface area (TPSA) is 129 Å². The summed E-state index contributed by atoms with van der Waals surface area (Å²) >= 11 is 0. The van der Waals surface area contributed by atoms with Crippen molar-refractivity contribution in [2.45, 2.75) is 44.3 Å². The summed E-state index contributed by atoms with van der Waals surface area (Å²) in [6, 6.07) is 21.1. The van der Waals surface area contributed by atoms with Gasteiger partial charge in [-0.2, -0.15) is 0 Å². The van der Waals surface area contributed by atoms with Crippen LogP contribution in [0, 0.1) is 0 Å². The third-order valence-corrected chi connectivity index (χ3v) is 7.11. The number of nitrogens with one attached hydrogen (secondary N) is 4. The van der Waals surface area contributed by atoms with Gasteiger partial charge in [-0.3, -0.25) is 14.4 Å². The maximum Gasteiger partial charge on any atom is 0.255 e. The van der Waals surface area contributed by atoms with E-state index in [2.05, 4.69) is 20.9 Å². The van der Waals surface area contributed by atoms with Crippen molar-refractivity contribution in [1.82, 2.24) is 15.6 Å². The molecule has 9 heteroatoms. The molecule has 1 aliphatic heterocycles. The molecule has 0 radical (unpaired) electrons. The van der Waals surface area contributed by atoms with Crippen LogP contribution in [0.1, 0.15) is 46.9 Å². The molecule has 1 aliphatic rings. The lowest BCUT2D eigenvalue weighted by molar-refractivity contribution is -0.131. The molecule has 2 heterocycles. The molecule has 2 atom stereocenters. The van der Waals surface area contributed by atoms with Crippen LogP contribution in [0.4, 0.5) is 5.69 Å². The molecule has 2 amide bonds. The number of Topliss-reactive ketones (excluding diaryl/α,β-unsaturated/α-hetero) is 1. The predicted octanol–water partition coefficient (Wildman–Crippen LogP) is 4.06. The number of para-hydroxylation sites is 2. The zero-order valence-electron chi connectivity index (χ0n) is 22.5. The summed E-state index contributed by atoms with van der Waals surface area (Å²) in [5.41, 5.74) is 9.81. The van der Waals surface area contributed by atoms with Crippen molar-refractivity contribution in [1.29, 1.82) is 0 Å². The highest BCUT2D eigenvalue weighted by molar-refractivity contribution is 6.04. The van der Waals surface area contributed by atoms with Gasteiger partial charge in [0.2, 0.25) is 5.91 Å². The Hall–Kier alpha value is -3.98. The second kappa shape index (κ2) is 12.0. The van der Waals surface area contributed by atoms with Crippen LogP contribution in [-0.4, -0.2) is 40.7 Å². The number of amides is 2. The van der Waals surface area contributed by atoms with Gasteiger partial charge in [-0.25, -0.2) is 0 Å². The largest absolute Gasteiger partial charge is 0.361 e. The lowest BCUT2D eigenvalue weighted by Gasteiger charge is -2.31. The normalized spacial score (nSPS) is 15.4. The molecule has 40 heavy (non-hydrogen) atoms. The molecule has 8 nitrogen and oxygen atoms in total. The second-order valence-corrected chi connectivity index (χ2v) is 10.6. The second-order valence-electron chi connectivity index (χ2n) is 10.6. The summed E-state index contributed by atoms with van der Waals surface area (Å²) in [6.45, 7) is 3.81. The van der Waals surface area contributed by atoms with Crippen molar-refractivity contribution < 1.29 is 14.4 Å². The van der Waals surface area contributed by atoms with E-state index in [4.69, 9.17) is 5.73 Å². The molecular weight excluding hydrogens is 526 g/mol. The molecule has 1 aromatic heterocycles. The zero-order chi connectivity index (χ0) is 27.6. The number of nitrogens with two attached hydrogens (primary N) is 1. The summed E-state index contributed by atoms with van der Waals surface area (Å²) in [5, 5.41) is 10.2. The Labute approximate surface area is 239 Å². The van der Waals surface area contributed by atoms with Gasteiger partial charge in [-0.05, 0) is 67.3 Å². The molecule has 5 rings (SSSR count). The highest BCUT2D eigenvalue weighted by Gasteiger charge is 2.35. The van der Waals surface area contributed by atoms with Crippen LogP contribution in [0.2, 0.25) is 0 Å². The van der Waals surface area contributed by atoms with E-state index in [1.807, 2.05) is 72.9 Å². The van der Waals surface area contributed by atoms with E-state index in [1.165, 1.54) is 0 Å². The number of anilines is 1. The number of carbonyl (C=O) groups is 3. The van der Waals surface area contributed by atoms with Gasteiger partial charge in [0.1, 0.15) is 0 Å². The molecule has 0 spiro atoms. The number of rotatable bonds is 8. The standard InChI is InChI=1S/C31H33N5O3.ClH/c1-31(2,32)30(39)36-26(17-21-18-34-25-11-7-6-10-23(21)25)28(37)27-24-13-12-20(16-19(24)14-15-33-27)29(38)35-22-8-4-3-5-9-22;/h3-13,16,18,26-27,33-34H,14-15,17,32H2,1-2H3,(H,35,38)(H,36,39);1H. The van der Waals surface area contributed by atoms with Crippen LogP contribution < -0.4 is 21.7 Å². The van der Waals surface area contributed by atoms with Gasteiger partial charge in [0.25, 0.3) is 5.91 Å². The first-order valence-corrected chi connectivity index (χ1v) is 13.1. The van der Waals surface area contributed by atoms with E-state index < -0.39 is 23.5 Å². The van der Waals surface area contributed by atoms with Crippen molar-refractivity contribution in [2.75, 3.05) is 11.9 Å². The average Bonchev–Trinajstić information content (AvgIpc) is 3.34. The monoisotopic (exact) mass is 559 g/mol. The zero-order valence-corrected chi connectivity index (χ0v) is 23.3. The molecule has 0 aliphatic carbocycles. The number of aromatic nitrogens is 1. The fourth-order valence-corrected chi connectivity index (χ4v) is 4.97. The first kappa shape index (κ1) is 29.0. The molecule has 3 aromatic carbocycles. The third kappa shape index (κ3) is 6.25. The Balaban J connectivity index is 0.00000370. The van der Waals surface area contributed by atoms with Gasteiger partial charge in [-0.15, -0.1) is 12.4 Å². The Morgan fingerprint density at radius 1 is 1.02 bits per heavy atom. The molecule has 0 fully saturated rings. The maximum absolute atomic E-state index is 14.0. The molecule has 208 valence electrons. The lowest BCUT2D eigenvalue weighted by atomic mass is 9.86. The van der Waals surface area contributed by atoms with Crippen molar-refractivity contribution in [3.63, 3.8) is 0 Å². The van der Waals surface area contributed by atoms with Crippen LogP contribution >= 0.6 is 12.4 Å². The first-order chi connectivity index (χ1) is 18.7. The minimum absolute atomic E-state index is 0. The number of aromatic amines is 1. The summed E-state index contributed by atoms with van der Waals surface area (Å²) in [5.74, 6) is -0.759. The number of benzene rings is 3. The fourth-order valence-electron chi connectivity index (χ4n) is 4.97. The number of fused-ring (bicyclic) bond motifs is 2. The van der Waals surface area contributed by atoms with E-state index >= 15 is 0 Å². The Bertz CT molecular complexity index is 1530. The highest BCUT2D eigenvalue weighted by atomic mass is 35.5. The van der Waals surface area contributed by atoms with Gasteiger partial charge < -0.3 is 26.7 Å². The van der Waals surface area contributed by atoms with E-state index in [-0.39, 0.29) is 24.1 Å². The van der Waals surface area contributed by atoms with E-state index in [1.54, 1.807) is 19.9 Å². The number of H-pyrrole nitrogens is 1. The number of halogens is 1. The summed E-state index contributed by atoms with van der Waals surface area (Å²) in [6.07, 6.45) is 2.88. The van der Waals surface area contributed by atoms with Gasteiger partial charge >= 0.3 is 0 Å². The molecular formula is C31H34ClN5O3. The van der Waals surface area contributed by atoms with Crippen molar-refractivity contribution in [3.05, 3.63) is 101 Å². The highest BCUT2D eigenvalue weighted by Crippen LogP contribution is 2.28. The Morgan fingerprint density at radius 3 is 2.50 bits per heavy atom. The minimum atomic E-state index is -1.14. The lowest BCUT2D eigenvalue weighted by Crippen LogP contribution is -2.56. The summed E-state index contributed by atoms with van der Waals surface area (Å²) in [7, 11) is 0. The first-order valence-electron chi connectivity index (χ1n) is 13.1. The number of ketones is 1. The third-order valence-electron chi connectivity index (χ3n) is 7.11. The van der Waals surface area contributed by atoms with E-state index in [9.17, 15) is 14.4 Å². The summed E-state index contributed by atoms with van der Waals surface area (Å²) in [4.78, 5) is 43.1. The van der Waals surface area contributed by atoms with Crippen LogP contribution in [-0.2, 0) is 22.4 Å². The van der Waals surface area contributed by atoms with Crippen LogP contribution in [0.15, 0.2) is 79.0 Å². The van der Waals surface area contributed by atoms with Crippen LogP contribution in [0.3, 0.4) is 0 Å². The van der Waals surface area contributed by atoms with Gasteiger partial charge in [0, 0.05) is 41.3 Å². The van der Waals surface area contributed by atoms with Gasteiger partial charge in [0.05, 0.1) is 17.6 Å². The fraction of sp³-hybridized carbons (Fsp3) is 0.258. The number of carbonyl (C=O) groups excluding carboxylic acids is 3. The minimum Gasteiger partial charge on any atom is -0.361 e. The van der Waals surface area contributed by atoms with Gasteiger partial charge in [-0.1, -0.05) is 42.5 Å². The van der Waals surface area contributed by atoms with Crippen molar-refractivity contribution in [3.8, 4) is 0 Å². The van der Waals surface area contributed by atoms with E-state index in [0.29, 0.717) is 30.6 Å². The predicted molar refractivity (Wildman–Crippen MR) is 160 cm³/mol. The number of hydrogen-bond acceptors (Lipinski definition) is 5. The Morgan fingerprint density at radius 2 is 1.75 bits per heavy atom. The molecule has 4 aromatic rings. The van der Waals surface area contributed by atoms with E-state index in [0.717, 1.165) is 27.6 Å².